The number of aromatic nitrogens is 3. The van der Waals surface area contributed by atoms with Crippen molar-refractivity contribution in [1.82, 2.24) is 15.0 Å². The Kier molecular flexibility index (Phi) is 6.23. The summed E-state index contributed by atoms with van der Waals surface area (Å²) in [4.78, 5) is 17.3. The average molecular weight is 693 g/mol. The molecule has 0 radical (unpaired) electrons. The lowest BCUT2D eigenvalue weighted by Crippen LogP contribution is -2.34. The Balaban J connectivity index is 0.988. The van der Waals surface area contributed by atoms with Crippen LogP contribution in [0.25, 0.3) is 79.0 Å². The third-order valence-corrected chi connectivity index (χ3v) is 11.7. The zero-order valence-electron chi connectivity index (χ0n) is 29.3. The van der Waals surface area contributed by atoms with E-state index in [0.717, 1.165) is 57.2 Å². The van der Waals surface area contributed by atoms with Crippen molar-refractivity contribution in [3.8, 4) is 34.2 Å². The number of furan rings is 1. The number of hydrogen-bond acceptors (Lipinski definition) is 5. The molecule has 7 aromatic carbocycles. The molecule has 2 aromatic heterocycles. The molecule has 3 aliphatic rings. The summed E-state index contributed by atoms with van der Waals surface area (Å²) in [5, 5.41) is 7.77. The Bertz CT molecular complexity index is 3070. The Morgan fingerprint density at radius 3 is 2.06 bits per heavy atom. The molecule has 2 atom stereocenters. The molecule has 3 heterocycles. The van der Waals surface area contributed by atoms with E-state index in [9.17, 15) is 0 Å². The maximum absolute atomic E-state index is 6.56. The smallest absolute Gasteiger partial charge is 0.164 e. The van der Waals surface area contributed by atoms with Gasteiger partial charge < -0.3 is 9.32 Å². The highest BCUT2D eigenvalue weighted by Gasteiger charge is 2.41. The summed E-state index contributed by atoms with van der Waals surface area (Å²) in [5.74, 6) is 2.13. The number of nitrogens with zero attached hydrogens (tertiary/aromatic N) is 4. The molecule has 2 unspecified atom stereocenters. The van der Waals surface area contributed by atoms with Gasteiger partial charge in [0.2, 0.25) is 0 Å². The van der Waals surface area contributed by atoms with Crippen LogP contribution in [0.2, 0.25) is 0 Å². The van der Waals surface area contributed by atoms with E-state index in [1.54, 1.807) is 0 Å². The molecule has 254 valence electrons. The third kappa shape index (κ3) is 4.36. The lowest BCUT2D eigenvalue weighted by Gasteiger charge is -2.32. The zero-order chi connectivity index (χ0) is 35.3. The fourth-order valence-electron chi connectivity index (χ4n) is 9.28. The van der Waals surface area contributed by atoms with Gasteiger partial charge in [0.15, 0.2) is 17.5 Å². The molecule has 2 aliphatic carbocycles. The summed E-state index contributed by atoms with van der Waals surface area (Å²) >= 11 is 0. The Hall–Kier alpha value is -6.85. The summed E-state index contributed by atoms with van der Waals surface area (Å²) in [6, 6.07) is 51.7. The zero-order valence-corrected chi connectivity index (χ0v) is 29.3. The first-order valence-electron chi connectivity index (χ1n) is 18.7. The normalized spacial score (nSPS) is 16.6. The van der Waals surface area contributed by atoms with E-state index >= 15 is 0 Å². The van der Waals surface area contributed by atoms with E-state index in [1.807, 2.05) is 60.7 Å². The number of aryl methyl sites for hydroxylation is 1. The first kappa shape index (κ1) is 29.7. The third-order valence-electron chi connectivity index (χ3n) is 11.7. The molecule has 54 heavy (non-hydrogen) atoms. The van der Waals surface area contributed by atoms with Crippen LogP contribution in [0.1, 0.15) is 29.0 Å². The maximum Gasteiger partial charge on any atom is 0.164 e. The van der Waals surface area contributed by atoms with Crippen LogP contribution in [0.5, 0.6) is 0 Å². The number of para-hydroxylation sites is 1. The van der Waals surface area contributed by atoms with Crippen molar-refractivity contribution >= 4 is 56.2 Å². The van der Waals surface area contributed by atoms with E-state index < -0.39 is 0 Å². The van der Waals surface area contributed by atoms with Gasteiger partial charge in [0.1, 0.15) is 11.2 Å². The van der Waals surface area contributed by atoms with Crippen molar-refractivity contribution in [3.05, 3.63) is 173 Å². The van der Waals surface area contributed by atoms with Crippen LogP contribution in [-0.4, -0.2) is 21.0 Å². The van der Waals surface area contributed by atoms with Gasteiger partial charge in [-0.25, -0.2) is 15.0 Å². The van der Waals surface area contributed by atoms with Gasteiger partial charge in [0.05, 0.1) is 6.04 Å². The summed E-state index contributed by atoms with van der Waals surface area (Å²) in [5.41, 5.74) is 11.1. The molecule has 0 bridgehead atoms. The van der Waals surface area contributed by atoms with Crippen molar-refractivity contribution in [3.63, 3.8) is 0 Å². The highest BCUT2D eigenvalue weighted by Crippen LogP contribution is 2.51. The quantitative estimate of drug-likeness (QED) is 0.184. The maximum atomic E-state index is 6.56. The van der Waals surface area contributed by atoms with Crippen LogP contribution in [0.3, 0.4) is 0 Å². The SMILES string of the molecule is C1=c2ccc3c4c(ccc(c24)CC1)=CC1C3c2ccccc2N1c1ccc2oc3cc(-c4nc(-c5ccccc5)nc(-c5ccccc5)n4)ccc3c2c1. The van der Waals surface area contributed by atoms with Crippen LogP contribution < -0.4 is 15.3 Å². The molecule has 5 nitrogen and oxygen atoms in total. The first-order chi connectivity index (χ1) is 26.7. The fourth-order valence-corrected chi connectivity index (χ4v) is 9.28. The standard InChI is InChI=1S/C49H32N4O/c1-3-10-31(11-4-1)47-50-48(32-12-5-2-6-13-32)52-49(51-47)34-21-23-36-39-28-35(22-25-42(39)54-43(36)27-34)53-40-17-8-7-16-37(40)46-38-24-20-30-15-9-14-29-18-19-33(26-41(46)53)45(38)44(29)30/h1-8,10-13,15-28,41,46H,9,14H2. The number of fused-ring (bicyclic) bond motifs is 7. The monoisotopic (exact) mass is 692 g/mol. The van der Waals surface area contributed by atoms with E-state index in [4.69, 9.17) is 19.4 Å². The number of benzene rings is 7. The minimum Gasteiger partial charge on any atom is -0.456 e. The second-order valence-corrected chi connectivity index (χ2v) is 14.6. The van der Waals surface area contributed by atoms with Crippen molar-refractivity contribution in [2.75, 3.05) is 4.90 Å². The summed E-state index contributed by atoms with van der Waals surface area (Å²) in [6.45, 7) is 0. The molecule has 0 N–H and O–H groups in total. The van der Waals surface area contributed by atoms with Gasteiger partial charge in [-0.2, -0.15) is 0 Å². The fraction of sp³-hybridized carbons (Fsp3) is 0.0816. The molecule has 0 saturated carbocycles. The van der Waals surface area contributed by atoms with Gasteiger partial charge in [-0.3, -0.25) is 0 Å². The molecule has 9 aromatic rings. The molecule has 12 rings (SSSR count). The Labute approximate surface area is 311 Å². The van der Waals surface area contributed by atoms with Crippen LogP contribution in [-0.2, 0) is 6.42 Å². The van der Waals surface area contributed by atoms with Crippen molar-refractivity contribution in [1.29, 1.82) is 0 Å². The number of hydrogen-bond donors (Lipinski definition) is 0. The summed E-state index contributed by atoms with van der Waals surface area (Å²) in [7, 11) is 0. The molecule has 0 amide bonds. The van der Waals surface area contributed by atoms with Crippen LogP contribution in [0, 0.1) is 0 Å². The largest absolute Gasteiger partial charge is 0.456 e. The van der Waals surface area contributed by atoms with E-state index in [2.05, 4.69) is 102 Å². The van der Waals surface area contributed by atoms with E-state index in [-0.39, 0.29) is 12.0 Å². The van der Waals surface area contributed by atoms with Crippen molar-refractivity contribution < 1.29 is 4.42 Å². The van der Waals surface area contributed by atoms with Gasteiger partial charge in [0, 0.05) is 44.8 Å². The van der Waals surface area contributed by atoms with Crippen LogP contribution in [0.15, 0.2) is 150 Å². The van der Waals surface area contributed by atoms with Gasteiger partial charge in [-0.05, 0) is 87.1 Å². The first-order valence-corrected chi connectivity index (χ1v) is 18.7. The molecule has 0 saturated heterocycles. The van der Waals surface area contributed by atoms with E-state index in [1.165, 1.54) is 43.6 Å². The number of anilines is 2. The predicted molar refractivity (Wildman–Crippen MR) is 218 cm³/mol. The summed E-state index contributed by atoms with van der Waals surface area (Å²) < 4.78 is 6.56. The van der Waals surface area contributed by atoms with Gasteiger partial charge in [-0.15, -0.1) is 0 Å². The Morgan fingerprint density at radius 1 is 0.537 bits per heavy atom. The van der Waals surface area contributed by atoms with Crippen molar-refractivity contribution in [2.24, 2.45) is 0 Å². The minimum atomic E-state index is 0.158. The minimum absolute atomic E-state index is 0.158. The lowest BCUT2D eigenvalue weighted by molar-refractivity contribution is 0.669. The topological polar surface area (TPSA) is 55.1 Å². The molecule has 1 aliphatic heterocycles. The highest BCUT2D eigenvalue weighted by molar-refractivity contribution is 6.07. The molecular weight excluding hydrogens is 661 g/mol. The van der Waals surface area contributed by atoms with Gasteiger partial charge in [0.25, 0.3) is 0 Å². The average Bonchev–Trinajstić information content (AvgIpc) is 3.78. The second-order valence-electron chi connectivity index (χ2n) is 14.6. The van der Waals surface area contributed by atoms with Gasteiger partial charge >= 0.3 is 0 Å². The van der Waals surface area contributed by atoms with Crippen LogP contribution in [0.4, 0.5) is 11.4 Å². The highest BCUT2D eigenvalue weighted by atomic mass is 16.3. The molecule has 5 heteroatoms. The molecule has 0 spiro atoms. The second kappa shape index (κ2) is 11.3. The van der Waals surface area contributed by atoms with Crippen LogP contribution >= 0.6 is 0 Å². The summed E-state index contributed by atoms with van der Waals surface area (Å²) in [6.07, 6.45) is 7.16. The van der Waals surface area contributed by atoms with Gasteiger partial charge in [-0.1, -0.05) is 121 Å². The Morgan fingerprint density at radius 2 is 1.26 bits per heavy atom. The predicted octanol–water partition coefficient (Wildman–Crippen LogP) is 10.1. The molecule has 0 fully saturated rings. The number of rotatable bonds is 4. The van der Waals surface area contributed by atoms with E-state index in [0.29, 0.717) is 17.5 Å². The van der Waals surface area contributed by atoms with Crippen molar-refractivity contribution in [2.45, 2.75) is 24.8 Å². The molecular formula is C49H32N4O. The lowest BCUT2D eigenvalue weighted by atomic mass is 9.78.